The first-order valence-electron chi connectivity index (χ1n) is 7.90. The van der Waals surface area contributed by atoms with E-state index in [1.54, 1.807) is 48.5 Å². The first kappa shape index (κ1) is 23.6. The molecule has 0 amide bonds. The fraction of sp³-hybridized carbons (Fsp3) is 0. The number of carboxylic acids is 2. The van der Waals surface area contributed by atoms with Gasteiger partial charge in [0.05, 0.1) is 16.9 Å². The van der Waals surface area contributed by atoms with Gasteiger partial charge in [-0.05, 0) is 17.2 Å². The van der Waals surface area contributed by atoms with Crippen molar-refractivity contribution in [3.8, 4) is 0 Å². The van der Waals surface area contributed by atoms with E-state index in [1.807, 2.05) is 0 Å². The summed E-state index contributed by atoms with van der Waals surface area (Å²) in [6, 6.07) is 22.2. The van der Waals surface area contributed by atoms with Crippen LogP contribution in [0.2, 0.25) is 0 Å². The lowest BCUT2D eigenvalue weighted by molar-refractivity contribution is -0.385. The van der Waals surface area contributed by atoms with E-state index in [1.165, 1.54) is 36.4 Å². The molecule has 0 N–H and O–H groups in total. The molecule has 3 aromatic rings. The maximum absolute atomic E-state index is 10.5. The van der Waals surface area contributed by atoms with Crippen molar-refractivity contribution in [2.24, 2.45) is 0 Å². The van der Waals surface area contributed by atoms with Gasteiger partial charge in [0.1, 0.15) is 3.57 Å². The molecule has 0 saturated carbocycles. The summed E-state index contributed by atoms with van der Waals surface area (Å²) in [6.07, 6.45) is 0. The van der Waals surface area contributed by atoms with Crippen molar-refractivity contribution in [2.75, 3.05) is 0 Å². The zero-order chi connectivity index (χ0) is 21.6. The molecule has 0 aliphatic heterocycles. The topological polar surface area (TPSA) is 140 Å². The molecule has 0 unspecified atom stereocenters. The number of para-hydroxylation sites is 1. The van der Waals surface area contributed by atoms with E-state index in [0.717, 1.165) is 0 Å². The fourth-order valence-corrected chi connectivity index (χ4v) is 2.77. The first-order valence-corrected chi connectivity index (χ1v) is 9.86. The Morgan fingerprint density at radius 1 is 0.690 bits per heavy atom. The number of nitro benzene ring substituents is 1. The van der Waals surface area contributed by atoms with Crippen LogP contribution in [0.3, 0.4) is 0 Å². The van der Waals surface area contributed by atoms with Gasteiger partial charge in [0.2, 0.25) is 0 Å². The van der Waals surface area contributed by atoms with Crippen molar-refractivity contribution in [3.63, 3.8) is 0 Å². The molecule has 0 atom stereocenters. The number of aromatic carboxylic acids is 2. The smallest absolute Gasteiger partial charge is 0.285 e. The second-order valence-corrected chi connectivity index (χ2v) is 6.70. The van der Waals surface area contributed by atoms with E-state index in [0.29, 0.717) is 3.57 Å². The molecule has 0 radical (unpaired) electrons. The molecule has 3 rings (SSSR count). The molecule has 0 fully saturated rings. The van der Waals surface area contributed by atoms with Crippen molar-refractivity contribution in [2.45, 2.75) is 0 Å². The standard InChI is InChI=1S/2C7H6O2.C6H4INO3/c2*8-7(9)6-4-2-1-3-5-6;9-7-5-3-1-2-4-6(5)8(10)11/h2*1-5H,(H,8,9);1-4H/p-2. The minimum absolute atomic E-state index is 0.0460. The summed E-state index contributed by atoms with van der Waals surface area (Å²) in [5, 5.41) is 30.4. The quantitative estimate of drug-likeness (QED) is 0.300. The van der Waals surface area contributed by atoms with Crippen molar-refractivity contribution in [1.82, 2.24) is 0 Å². The zero-order valence-electron chi connectivity index (χ0n) is 14.8. The highest BCUT2D eigenvalue weighted by molar-refractivity contribution is 14.1. The molecule has 0 bridgehead atoms. The first-order chi connectivity index (χ1) is 13.9. The average molecular weight is 507 g/mol. The van der Waals surface area contributed by atoms with Crippen LogP contribution in [-0.4, -0.2) is 16.9 Å². The van der Waals surface area contributed by atoms with Gasteiger partial charge in [0.15, 0.2) is 21.2 Å². The summed E-state index contributed by atoms with van der Waals surface area (Å²) in [5.41, 5.74) is 0.394. The molecular formula is C20H14INO7-2. The molecule has 0 saturated heterocycles. The highest BCUT2D eigenvalue weighted by Crippen LogP contribution is 2.22. The van der Waals surface area contributed by atoms with E-state index >= 15 is 0 Å². The molecule has 0 aliphatic rings. The number of rotatable bonds is 4. The Morgan fingerprint density at radius 3 is 1.34 bits per heavy atom. The van der Waals surface area contributed by atoms with Gasteiger partial charge in [-0.25, -0.2) is 0 Å². The molecule has 3 aromatic carbocycles. The molecule has 0 heterocycles. The number of nitro groups is 1. The van der Waals surface area contributed by atoms with Gasteiger partial charge in [0, 0.05) is 6.07 Å². The molecule has 150 valence electrons. The van der Waals surface area contributed by atoms with Crippen LogP contribution in [0.5, 0.6) is 0 Å². The third-order valence-electron chi connectivity index (χ3n) is 3.15. The Hall–Kier alpha value is -3.47. The van der Waals surface area contributed by atoms with Crippen LogP contribution in [0.1, 0.15) is 20.7 Å². The Bertz CT molecular complexity index is 913. The third-order valence-corrected chi connectivity index (χ3v) is 4.54. The van der Waals surface area contributed by atoms with Gasteiger partial charge < -0.3 is 19.8 Å². The number of halogens is 1. The second-order valence-electron chi connectivity index (χ2n) is 5.09. The molecule has 8 nitrogen and oxygen atoms in total. The molecule has 29 heavy (non-hydrogen) atoms. The molecule has 0 spiro atoms. The normalized spacial score (nSPS) is 9.10. The summed E-state index contributed by atoms with van der Waals surface area (Å²) in [7, 11) is 0. The predicted octanol–water partition coefficient (Wildman–Crippen LogP) is 2.18. The van der Waals surface area contributed by atoms with Gasteiger partial charge in [-0.3, -0.25) is 13.2 Å². The van der Waals surface area contributed by atoms with Gasteiger partial charge in [-0.1, -0.05) is 72.8 Å². The van der Waals surface area contributed by atoms with Crippen molar-refractivity contribution < 1.29 is 27.8 Å². The zero-order valence-corrected chi connectivity index (χ0v) is 16.9. The highest BCUT2D eigenvalue weighted by Gasteiger charge is 2.10. The summed E-state index contributed by atoms with van der Waals surface area (Å²) in [5.74, 6) is -2.26. The molecule has 0 aliphatic carbocycles. The largest absolute Gasteiger partial charge is 0.545 e. The monoisotopic (exact) mass is 507 g/mol. The summed E-state index contributed by atoms with van der Waals surface area (Å²) in [4.78, 5) is 29.9. The number of nitrogens with zero attached hydrogens (tertiary/aromatic N) is 1. The summed E-state index contributed by atoms with van der Waals surface area (Å²) >= 11 is -1.44. The second kappa shape index (κ2) is 12.8. The summed E-state index contributed by atoms with van der Waals surface area (Å²) in [6.45, 7) is 0. The number of hydrogen-bond donors (Lipinski definition) is 0. The van der Waals surface area contributed by atoms with Crippen LogP contribution in [0.4, 0.5) is 5.69 Å². The van der Waals surface area contributed by atoms with Gasteiger partial charge in [-0.15, -0.1) is 0 Å². The Balaban J connectivity index is 0.000000219. The van der Waals surface area contributed by atoms with Gasteiger partial charge in [-0.2, -0.15) is 0 Å². The minimum Gasteiger partial charge on any atom is -0.545 e. The van der Waals surface area contributed by atoms with Crippen LogP contribution in [0.15, 0.2) is 84.9 Å². The van der Waals surface area contributed by atoms with Crippen LogP contribution in [-0.2, 0) is 3.07 Å². The third kappa shape index (κ3) is 8.84. The lowest BCUT2D eigenvalue weighted by Gasteiger charge is -1.97. The van der Waals surface area contributed by atoms with E-state index in [-0.39, 0.29) is 16.8 Å². The Kier molecular flexibility index (Phi) is 10.4. The maximum Gasteiger partial charge on any atom is 0.285 e. The van der Waals surface area contributed by atoms with E-state index in [9.17, 15) is 33.0 Å². The highest BCUT2D eigenvalue weighted by atomic mass is 127. The maximum atomic E-state index is 10.5. The number of carbonyl (C=O) groups is 2. The van der Waals surface area contributed by atoms with Crippen LogP contribution < -0.4 is 10.2 Å². The SMILES string of the molecule is O=C([O-])c1ccccc1.O=C([O-])c1ccccc1.O=Ic1ccccc1[N+](=O)[O-]. The summed E-state index contributed by atoms with van der Waals surface area (Å²) < 4.78 is 10.8. The molecule has 0 aromatic heterocycles. The number of carbonyl (C=O) groups excluding carboxylic acids is 2. The van der Waals surface area contributed by atoms with Crippen LogP contribution >= 0.6 is 21.2 Å². The molecular weight excluding hydrogens is 493 g/mol. The van der Waals surface area contributed by atoms with Crippen molar-refractivity contribution in [3.05, 3.63) is 110 Å². The van der Waals surface area contributed by atoms with E-state index in [4.69, 9.17) is 0 Å². The Morgan fingerprint density at radius 2 is 1.07 bits per heavy atom. The molecule has 9 heteroatoms. The number of carboxylic acid groups (broad SMARTS) is 2. The van der Waals surface area contributed by atoms with Crippen LogP contribution in [0, 0.1) is 13.7 Å². The number of benzene rings is 3. The van der Waals surface area contributed by atoms with Crippen molar-refractivity contribution in [1.29, 1.82) is 0 Å². The van der Waals surface area contributed by atoms with Crippen molar-refractivity contribution >= 4 is 38.8 Å². The van der Waals surface area contributed by atoms with E-state index in [2.05, 4.69) is 0 Å². The minimum atomic E-state index is -1.44. The Labute approximate surface area is 176 Å². The van der Waals surface area contributed by atoms with E-state index < -0.39 is 38.1 Å². The predicted molar refractivity (Wildman–Crippen MR) is 108 cm³/mol. The number of hydrogen-bond acceptors (Lipinski definition) is 7. The van der Waals surface area contributed by atoms with Gasteiger partial charge in [0.25, 0.3) is 5.69 Å². The lowest BCUT2D eigenvalue weighted by Crippen LogP contribution is -2.21. The fourth-order valence-electron chi connectivity index (χ4n) is 1.81. The average Bonchev–Trinajstić information content (AvgIpc) is 2.75. The lowest BCUT2D eigenvalue weighted by atomic mass is 10.2. The van der Waals surface area contributed by atoms with Crippen LogP contribution in [0.25, 0.3) is 0 Å². The van der Waals surface area contributed by atoms with Gasteiger partial charge >= 0.3 is 0 Å².